The van der Waals surface area contributed by atoms with Gasteiger partial charge in [0.15, 0.2) is 12.6 Å². The highest BCUT2D eigenvalue weighted by atomic mass is 31.0. The third kappa shape index (κ3) is 15.6. The number of methoxy groups -OCH3 is 1. The molecule has 442 valence electrons. The molecule has 0 saturated carbocycles. The van der Waals surface area contributed by atoms with E-state index < -0.39 is 102 Å². The van der Waals surface area contributed by atoms with E-state index in [9.17, 15) is 35.1 Å². The van der Waals surface area contributed by atoms with Crippen molar-refractivity contribution in [1.29, 1.82) is 0 Å². The summed E-state index contributed by atoms with van der Waals surface area (Å²) in [6.45, 7) is 17.3. The maximum absolute atomic E-state index is 14.7. The number of rotatable bonds is 17. The fourth-order valence-electron chi connectivity index (χ4n) is 12.7. The van der Waals surface area contributed by atoms with E-state index in [0.29, 0.717) is 12.8 Å². The Bertz CT molecular complexity index is 2410. The highest BCUT2D eigenvalue weighted by Crippen LogP contribution is 2.41. The summed E-state index contributed by atoms with van der Waals surface area (Å²) in [6.07, 6.45) is -2.38. The van der Waals surface area contributed by atoms with Crippen molar-refractivity contribution in [3.05, 3.63) is 72.4 Å². The second kappa shape index (κ2) is 28.2. The van der Waals surface area contributed by atoms with Gasteiger partial charge in [0.1, 0.15) is 30.0 Å². The van der Waals surface area contributed by atoms with E-state index in [4.69, 9.17) is 28.4 Å². The van der Waals surface area contributed by atoms with E-state index in [1.165, 1.54) is 25.2 Å². The summed E-state index contributed by atoms with van der Waals surface area (Å²) in [6, 6.07) is 19.7. The zero-order valence-corrected chi connectivity index (χ0v) is 50.6. The molecule has 6 rings (SSSR count). The van der Waals surface area contributed by atoms with Crippen molar-refractivity contribution >= 4 is 26.6 Å². The fourth-order valence-corrected chi connectivity index (χ4v) is 13.1. The second-order valence-corrected chi connectivity index (χ2v) is 24.7. The Hall–Kier alpha value is -3.48. The Morgan fingerprint density at radius 1 is 0.848 bits per heavy atom. The first-order chi connectivity index (χ1) is 37.3. The average molecular weight is 1120 g/mol. The Morgan fingerprint density at radius 3 is 2.18 bits per heavy atom. The zero-order valence-electron chi connectivity index (χ0n) is 49.4. The minimum atomic E-state index is -2.02. The van der Waals surface area contributed by atoms with E-state index in [-0.39, 0.29) is 50.3 Å². The number of ether oxygens (including phenoxy) is 6. The van der Waals surface area contributed by atoms with Crippen molar-refractivity contribution in [2.45, 2.75) is 230 Å². The molecule has 0 radical (unpaired) electrons. The molecule has 0 aliphatic carbocycles. The van der Waals surface area contributed by atoms with Crippen molar-refractivity contribution in [3.8, 4) is 22.3 Å². The van der Waals surface area contributed by atoms with Crippen LogP contribution in [0.1, 0.15) is 139 Å². The smallest absolute Gasteiger partial charge is 0.311 e. The van der Waals surface area contributed by atoms with Crippen molar-refractivity contribution < 1.29 is 63.5 Å². The lowest BCUT2D eigenvalue weighted by Gasteiger charge is -2.48. The highest BCUT2D eigenvalue weighted by Gasteiger charge is 2.53. The largest absolute Gasteiger partial charge is 0.459 e. The molecule has 5 N–H and O–H groups in total. The van der Waals surface area contributed by atoms with Gasteiger partial charge >= 0.3 is 5.97 Å². The SMILES string of the molecule is CC[C@H]1OC(=O)[C@H](C)[C@@H](O[C@H]2C[C@@](C)(OC)[C@@H](O)[C@H](C)O2)[C@H](C)[C@@H](O[C@@H]2O[C@H](C)C[C@H](N(C)C)[C@H]2O)[C@](C)(O)C[C@@H](C)CN(C(=O)CCCCCCCc2ccccc2-c2ccnc(P)c2-c2ccccc2)[C@H](C)[C@@H](O)[C@]1(C)O. The normalized spacial score (nSPS) is 36.3. The number of carbonyl (C=O) groups is 2. The zero-order chi connectivity index (χ0) is 58.1. The lowest BCUT2D eigenvalue weighted by Crippen LogP contribution is -2.60. The quantitative estimate of drug-likeness (QED) is 0.0501. The molecule has 3 aliphatic heterocycles. The number of aliphatic hydroxyl groups is 5. The first-order valence-electron chi connectivity index (χ1n) is 29.0. The van der Waals surface area contributed by atoms with Crippen LogP contribution in [0.25, 0.3) is 22.3 Å². The van der Waals surface area contributed by atoms with Gasteiger partial charge in [-0.1, -0.05) is 104 Å². The van der Waals surface area contributed by atoms with Gasteiger partial charge in [0.2, 0.25) is 5.91 Å². The summed E-state index contributed by atoms with van der Waals surface area (Å²) < 4.78 is 38.2. The van der Waals surface area contributed by atoms with Gasteiger partial charge in [0.25, 0.3) is 0 Å². The van der Waals surface area contributed by atoms with Gasteiger partial charge in [-0.05, 0) is 135 Å². The van der Waals surface area contributed by atoms with Crippen molar-refractivity contribution in [3.63, 3.8) is 0 Å². The topological polar surface area (TPSA) is 210 Å². The number of unbranched alkanes of at least 4 members (excludes halogenated alkanes) is 4. The summed E-state index contributed by atoms with van der Waals surface area (Å²) in [7, 11) is 8.05. The van der Waals surface area contributed by atoms with Crippen molar-refractivity contribution in [2.24, 2.45) is 17.8 Å². The molecule has 1 amide bonds. The summed E-state index contributed by atoms with van der Waals surface area (Å²) >= 11 is 0. The number of benzene rings is 2. The molecule has 1 aromatic heterocycles. The Kier molecular flexibility index (Phi) is 23.1. The maximum Gasteiger partial charge on any atom is 0.311 e. The Labute approximate surface area is 473 Å². The molecule has 79 heavy (non-hydrogen) atoms. The predicted molar refractivity (Wildman–Crippen MR) is 309 cm³/mol. The molecule has 3 aromatic rings. The maximum atomic E-state index is 14.7. The van der Waals surface area contributed by atoms with Crippen LogP contribution < -0.4 is 5.44 Å². The minimum Gasteiger partial charge on any atom is -0.459 e. The van der Waals surface area contributed by atoms with Gasteiger partial charge in [0.05, 0.1) is 53.0 Å². The van der Waals surface area contributed by atoms with Gasteiger partial charge in [-0.3, -0.25) is 14.6 Å². The summed E-state index contributed by atoms with van der Waals surface area (Å²) in [5.74, 6) is -3.33. The first-order valence-corrected chi connectivity index (χ1v) is 29.5. The number of amides is 1. The summed E-state index contributed by atoms with van der Waals surface area (Å²) in [4.78, 5) is 37.4. The third-order valence-corrected chi connectivity index (χ3v) is 17.9. The predicted octanol–water partition coefficient (Wildman–Crippen LogP) is 7.61. The Balaban J connectivity index is 1.23. The number of likely N-dealkylation sites (N-methyl/N-ethyl adjacent to an activating group) is 1. The molecular weight excluding hydrogens is 1030 g/mol. The molecule has 17 heteroatoms. The van der Waals surface area contributed by atoms with Crippen molar-refractivity contribution in [1.82, 2.24) is 14.8 Å². The monoisotopic (exact) mass is 1120 g/mol. The third-order valence-electron chi connectivity index (χ3n) is 17.4. The van der Waals surface area contributed by atoms with Crippen LogP contribution in [-0.4, -0.2) is 170 Å². The van der Waals surface area contributed by atoms with E-state index in [2.05, 4.69) is 56.7 Å². The minimum absolute atomic E-state index is 0.0605. The first kappa shape index (κ1) is 64.7. The number of aryl methyl sites for hydroxylation is 1. The van der Waals surface area contributed by atoms with Crippen LogP contribution in [-0.2, 0) is 44.4 Å². The van der Waals surface area contributed by atoms with Crippen LogP contribution in [0, 0.1) is 17.8 Å². The number of cyclic esters (lactones) is 1. The number of pyridine rings is 1. The summed E-state index contributed by atoms with van der Waals surface area (Å²) in [5.41, 5.74) is 1.89. The van der Waals surface area contributed by atoms with Gasteiger partial charge in [-0.25, -0.2) is 0 Å². The molecule has 0 spiro atoms. The van der Waals surface area contributed by atoms with Crippen LogP contribution in [0.5, 0.6) is 0 Å². The van der Waals surface area contributed by atoms with Crippen LogP contribution in [0.15, 0.2) is 66.9 Å². The molecular formula is C62H96N3O13P. The highest BCUT2D eigenvalue weighted by molar-refractivity contribution is 7.27. The lowest BCUT2D eigenvalue weighted by molar-refractivity contribution is -0.318. The second-order valence-electron chi connectivity index (χ2n) is 24.2. The van der Waals surface area contributed by atoms with E-state index in [1.807, 2.05) is 57.2 Å². The molecule has 3 fully saturated rings. The van der Waals surface area contributed by atoms with Crippen LogP contribution in [0.4, 0.5) is 0 Å². The molecule has 19 atom stereocenters. The van der Waals surface area contributed by atoms with E-state index in [0.717, 1.165) is 54.2 Å². The lowest BCUT2D eigenvalue weighted by atomic mass is 9.77. The number of aromatic nitrogens is 1. The number of nitrogens with zero attached hydrogens (tertiary/aromatic N) is 3. The van der Waals surface area contributed by atoms with E-state index >= 15 is 0 Å². The van der Waals surface area contributed by atoms with E-state index in [1.54, 1.807) is 53.4 Å². The van der Waals surface area contributed by atoms with Crippen LogP contribution in [0.2, 0.25) is 0 Å². The van der Waals surface area contributed by atoms with Crippen LogP contribution >= 0.6 is 9.24 Å². The number of hydrogen-bond acceptors (Lipinski definition) is 15. The number of esters is 1. The average Bonchev–Trinajstić information content (AvgIpc) is 3.57. The number of carbonyl (C=O) groups excluding carboxylic acids is 2. The summed E-state index contributed by atoms with van der Waals surface area (Å²) in [5, 5.41) is 60.5. The van der Waals surface area contributed by atoms with Crippen molar-refractivity contribution in [2.75, 3.05) is 27.7 Å². The molecule has 3 saturated heterocycles. The molecule has 1 unspecified atom stereocenters. The van der Waals surface area contributed by atoms with Gasteiger partial charge in [-0.2, -0.15) is 0 Å². The van der Waals surface area contributed by atoms with Crippen LogP contribution in [0.3, 0.4) is 0 Å². The van der Waals surface area contributed by atoms with Gasteiger partial charge in [-0.15, -0.1) is 0 Å². The Morgan fingerprint density at radius 2 is 1.51 bits per heavy atom. The molecule has 0 bridgehead atoms. The molecule has 16 nitrogen and oxygen atoms in total. The molecule has 3 aliphatic rings. The van der Waals surface area contributed by atoms with Gasteiger partial charge < -0.3 is 63.8 Å². The molecule has 2 aromatic carbocycles. The number of aliphatic hydroxyl groups excluding tert-OH is 3. The van der Waals surface area contributed by atoms with Gasteiger partial charge in [0, 0.05) is 50.2 Å². The standard InChI is InChI=1S/C62H96N3O13P/c1-14-48-62(10,72)54(68)41(6)65(49(66)30-22-17-15-16-19-25-43-26-23-24-29-45(43)46-31-32-63-57(79)51(46)44-27-20-18-21-28-44)36-37(2)34-60(8,71)56(78-59-52(67)47(64(11)12)33-38(3)74-59)39(4)53(40(5)58(70)76-48)77-50-35-61(9,73-13)55(69)42(7)75-50/h18,20-21,23-24,26-29,31-32,37-42,47-48,50,52-56,59,67-69,71-72H,14-17,19,22,25,30,33-36,79H2,1-13H3/t37-,38-,39+,40-,41-,42+,47+,48-,50+,52-,53+,54-,55+,56-,59+,60-,61-,62-/m1/s1. The number of hydrogen-bond donors (Lipinski definition) is 5. The molecule has 4 heterocycles. The fraction of sp³-hybridized carbons (Fsp3) is 0.694.